The molecular weight excluding hydrogens is 298 g/mol. The highest BCUT2D eigenvalue weighted by molar-refractivity contribution is 5.91. The van der Waals surface area contributed by atoms with Crippen LogP contribution in [0.5, 0.6) is 0 Å². The maximum atomic E-state index is 11.9. The molecule has 0 aromatic carbocycles. The Labute approximate surface area is 145 Å². The minimum Gasteiger partial charge on any atom is -0.363 e. The Bertz CT molecular complexity index is 647. The van der Waals surface area contributed by atoms with Gasteiger partial charge in [0.05, 0.1) is 6.07 Å². The number of fused-ring (bicyclic) bond motifs is 5. The third-order valence-corrected chi connectivity index (χ3v) is 8.61. The van der Waals surface area contributed by atoms with E-state index in [1.165, 1.54) is 18.4 Å². The predicted octanol–water partition coefficient (Wildman–Crippen LogP) is 4.43. The molecule has 0 heterocycles. The van der Waals surface area contributed by atoms with Crippen LogP contribution in [-0.4, -0.2) is 18.5 Å². The molecule has 130 valence electrons. The van der Waals surface area contributed by atoms with Crippen molar-refractivity contribution in [2.24, 2.45) is 28.6 Å². The molecular formula is C21H29NO2. The summed E-state index contributed by atoms with van der Waals surface area (Å²) in [5.74, 6) is 2.27. The quantitative estimate of drug-likeness (QED) is 0.716. The fourth-order valence-corrected chi connectivity index (χ4v) is 7.12. The monoisotopic (exact) mass is 327 g/mol. The van der Waals surface area contributed by atoms with Gasteiger partial charge in [0.2, 0.25) is 0 Å². The molecule has 0 spiro atoms. The minimum atomic E-state index is -0.595. The van der Waals surface area contributed by atoms with E-state index in [4.69, 9.17) is 4.74 Å². The van der Waals surface area contributed by atoms with Crippen molar-refractivity contribution in [2.75, 3.05) is 7.11 Å². The minimum absolute atomic E-state index is 0.0142. The van der Waals surface area contributed by atoms with Crippen LogP contribution in [0.25, 0.3) is 0 Å². The summed E-state index contributed by atoms with van der Waals surface area (Å²) in [6, 6.07) is 2.56. The third-order valence-electron chi connectivity index (χ3n) is 8.61. The average Bonchev–Trinajstić information content (AvgIpc) is 2.88. The molecule has 0 saturated heterocycles. The second-order valence-corrected chi connectivity index (χ2v) is 9.11. The number of nitriles is 1. The van der Waals surface area contributed by atoms with Crippen LogP contribution in [0.3, 0.4) is 0 Å². The van der Waals surface area contributed by atoms with E-state index in [9.17, 15) is 10.1 Å². The number of carbonyl (C=O) groups is 1. The van der Waals surface area contributed by atoms with Crippen molar-refractivity contribution in [1.82, 2.24) is 0 Å². The summed E-state index contributed by atoms with van der Waals surface area (Å²) >= 11 is 0. The summed E-state index contributed by atoms with van der Waals surface area (Å²) in [7, 11) is 1.72. The summed E-state index contributed by atoms with van der Waals surface area (Å²) in [6.45, 7) is 4.72. The van der Waals surface area contributed by atoms with E-state index >= 15 is 0 Å². The van der Waals surface area contributed by atoms with Crippen molar-refractivity contribution in [3.63, 3.8) is 0 Å². The lowest BCUT2D eigenvalue weighted by Crippen LogP contribution is -2.55. The molecule has 3 saturated carbocycles. The van der Waals surface area contributed by atoms with Crippen LogP contribution in [0.15, 0.2) is 11.6 Å². The van der Waals surface area contributed by atoms with Crippen molar-refractivity contribution < 1.29 is 9.53 Å². The van der Waals surface area contributed by atoms with E-state index in [1.807, 2.05) is 6.08 Å². The first-order valence-electron chi connectivity index (χ1n) is 9.60. The molecule has 0 N–H and O–H groups in total. The normalized spacial score (nSPS) is 50.3. The molecule has 0 aliphatic heterocycles. The molecule has 6 atom stereocenters. The maximum Gasteiger partial charge on any atom is 0.159 e. The van der Waals surface area contributed by atoms with Crippen molar-refractivity contribution in [3.05, 3.63) is 11.6 Å². The Morgan fingerprint density at radius 1 is 1.12 bits per heavy atom. The second-order valence-electron chi connectivity index (χ2n) is 9.11. The third kappa shape index (κ3) is 1.84. The van der Waals surface area contributed by atoms with Gasteiger partial charge in [-0.2, -0.15) is 5.26 Å². The molecule has 24 heavy (non-hydrogen) atoms. The molecule has 4 rings (SSSR count). The summed E-state index contributed by atoms with van der Waals surface area (Å²) < 4.78 is 5.83. The van der Waals surface area contributed by atoms with Gasteiger partial charge in [0.15, 0.2) is 11.4 Å². The van der Waals surface area contributed by atoms with Crippen LogP contribution >= 0.6 is 0 Å². The molecule has 0 aromatic heterocycles. The number of allylic oxidation sites excluding steroid dienone is 1. The highest BCUT2D eigenvalue weighted by atomic mass is 16.5. The number of hydrogen-bond acceptors (Lipinski definition) is 3. The SMILES string of the molecule is COC1(C#N)CC[C@@H]2C3CCC4=CC(=O)CC[C@]4(C)[C@@H]3CC[C@@]21C. The molecule has 0 aromatic rings. The molecule has 0 bridgehead atoms. The van der Waals surface area contributed by atoms with E-state index in [1.54, 1.807) is 7.11 Å². The number of methoxy groups -OCH3 is 1. The lowest BCUT2D eigenvalue weighted by Gasteiger charge is -2.58. The van der Waals surface area contributed by atoms with Crippen molar-refractivity contribution >= 4 is 5.78 Å². The van der Waals surface area contributed by atoms with Gasteiger partial charge in [0, 0.05) is 18.9 Å². The molecule has 0 radical (unpaired) electrons. The summed E-state index contributed by atoms with van der Waals surface area (Å²) in [4.78, 5) is 11.9. The Morgan fingerprint density at radius 2 is 1.88 bits per heavy atom. The van der Waals surface area contributed by atoms with E-state index < -0.39 is 5.60 Å². The topological polar surface area (TPSA) is 50.1 Å². The van der Waals surface area contributed by atoms with Gasteiger partial charge in [0.1, 0.15) is 0 Å². The Kier molecular flexibility index (Phi) is 3.52. The number of carbonyl (C=O) groups excluding carboxylic acids is 1. The van der Waals surface area contributed by atoms with Crippen LogP contribution in [0.2, 0.25) is 0 Å². The molecule has 3 fully saturated rings. The van der Waals surface area contributed by atoms with E-state index in [2.05, 4.69) is 19.9 Å². The van der Waals surface area contributed by atoms with Crippen LogP contribution in [0.4, 0.5) is 0 Å². The fraction of sp³-hybridized carbons (Fsp3) is 0.810. The zero-order chi connectivity index (χ0) is 17.2. The van der Waals surface area contributed by atoms with Crippen LogP contribution < -0.4 is 0 Å². The van der Waals surface area contributed by atoms with Crippen LogP contribution in [-0.2, 0) is 9.53 Å². The molecule has 0 amide bonds. The van der Waals surface area contributed by atoms with Crippen LogP contribution in [0, 0.1) is 39.9 Å². The Morgan fingerprint density at radius 3 is 2.58 bits per heavy atom. The van der Waals surface area contributed by atoms with E-state index in [0.29, 0.717) is 30.0 Å². The van der Waals surface area contributed by atoms with Crippen molar-refractivity contribution in [3.8, 4) is 6.07 Å². The standard InChI is InChI=1S/C21H29NO2/c1-19-9-6-15(23)12-14(19)4-5-16-17(19)7-10-20(2)18(16)8-11-21(20,13-22)24-3/h12,16-18H,4-11H2,1-3H3/t16?,17-,18-,19+,20+,21?/m1/s1. The summed E-state index contributed by atoms with van der Waals surface area (Å²) in [5, 5.41) is 9.86. The number of nitrogens with zero attached hydrogens (tertiary/aromatic N) is 1. The zero-order valence-corrected chi connectivity index (χ0v) is 15.2. The lowest BCUT2D eigenvalue weighted by atomic mass is 9.46. The first-order chi connectivity index (χ1) is 11.4. The average molecular weight is 327 g/mol. The fourth-order valence-electron chi connectivity index (χ4n) is 7.12. The van der Waals surface area contributed by atoms with Crippen LogP contribution in [0.1, 0.15) is 65.2 Å². The molecule has 4 aliphatic carbocycles. The summed E-state index contributed by atoms with van der Waals surface area (Å²) in [5.41, 5.74) is 1.02. The van der Waals surface area contributed by atoms with Gasteiger partial charge in [-0.15, -0.1) is 0 Å². The van der Waals surface area contributed by atoms with E-state index in [-0.39, 0.29) is 10.8 Å². The smallest absolute Gasteiger partial charge is 0.159 e. The van der Waals surface area contributed by atoms with Gasteiger partial charge in [-0.1, -0.05) is 19.4 Å². The predicted molar refractivity (Wildman–Crippen MR) is 92.1 cm³/mol. The first-order valence-corrected chi connectivity index (χ1v) is 9.60. The first kappa shape index (κ1) is 16.3. The molecule has 3 heteroatoms. The second kappa shape index (κ2) is 5.18. The van der Waals surface area contributed by atoms with Gasteiger partial charge in [0.25, 0.3) is 0 Å². The van der Waals surface area contributed by atoms with Gasteiger partial charge in [-0.3, -0.25) is 4.79 Å². The number of ketones is 1. The van der Waals surface area contributed by atoms with Gasteiger partial charge in [-0.05, 0) is 74.2 Å². The Balaban J connectivity index is 1.70. The van der Waals surface area contributed by atoms with Crippen molar-refractivity contribution in [1.29, 1.82) is 5.26 Å². The van der Waals surface area contributed by atoms with Gasteiger partial charge < -0.3 is 4.74 Å². The zero-order valence-electron chi connectivity index (χ0n) is 15.2. The van der Waals surface area contributed by atoms with E-state index in [0.717, 1.165) is 32.1 Å². The Hall–Kier alpha value is -1.14. The van der Waals surface area contributed by atoms with Crippen molar-refractivity contribution in [2.45, 2.75) is 70.8 Å². The largest absolute Gasteiger partial charge is 0.363 e. The maximum absolute atomic E-state index is 11.9. The van der Waals surface area contributed by atoms with Gasteiger partial charge in [-0.25, -0.2) is 0 Å². The molecule has 2 unspecified atom stereocenters. The lowest BCUT2D eigenvalue weighted by molar-refractivity contribution is -0.123. The number of hydrogen-bond donors (Lipinski definition) is 0. The highest BCUT2D eigenvalue weighted by Crippen LogP contribution is 2.67. The molecule has 3 nitrogen and oxygen atoms in total. The summed E-state index contributed by atoms with van der Waals surface area (Å²) in [6.07, 6.45) is 10.2. The number of ether oxygens (including phenoxy) is 1. The van der Waals surface area contributed by atoms with Gasteiger partial charge >= 0.3 is 0 Å². The number of rotatable bonds is 1. The highest BCUT2D eigenvalue weighted by Gasteiger charge is 2.65. The molecule has 4 aliphatic rings.